The van der Waals surface area contributed by atoms with Crippen molar-refractivity contribution in [2.45, 2.75) is 25.1 Å². The fourth-order valence-corrected chi connectivity index (χ4v) is 2.78. The average Bonchev–Trinajstić information content (AvgIpc) is 3.00. The van der Waals surface area contributed by atoms with Gasteiger partial charge in [0.05, 0.1) is 19.8 Å². The van der Waals surface area contributed by atoms with Crippen molar-refractivity contribution in [3.63, 3.8) is 0 Å². The van der Waals surface area contributed by atoms with E-state index in [4.69, 9.17) is 9.15 Å². The van der Waals surface area contributed by atoms with Gasteiger partial charge in [-0.1, -0.05) is 0 Å². The lowest BCUT2D eigenvalue weighted by Crippen LogP contribution is -2.36. The third kappa shape index (κ3) is 2.77. The Balaban J connectivity index is 1.81. The lowest BCUT2D eigenvalue weighted by atomic mass is 10.2. The number of ether oxygens (including phenoxy) is 1. The Bertz CT molecular complexity index is 669. The first-order valence-corrected chi connectivity index (χ1v) is 6.74. The zero-order valence-electron chi connectivity index (χ0n) is 11.6. The van der Waals surface area contributed by atoms with E-state index >= 15 is 0 Å². The van der Waals surface area contributed by atoms with Crippen LogP contribution in [0.3, 0.4) is 0 Å². The Hall–Kier alpha value is -1.92. The fourth-order valence-electron chi connectivity index (χ4n) is 2.78. The van der Waals surface area contributed by atoms with Crippen LogP contribution in [0.15, 0.2) is 28.7 Å². The molecule has 0 unspecified atom stereocenters. The minimum Gasteiger partial charge on any atom is -0.468 e. The summed E-state index contributed by atoms with van der Waals surface area (Å²) < 4.78 is 23.6. The van der Waals surface area contributed by atoms with Crippen molar-refractivity contribution >= 4 is 16.9 Å². The van der Waals surface area contributed by atoms with Crippen molar-refractivity contribution in [2.75, 3.05) is 13.7 Å². The number of hydrogen-bond acceptors (Lipinski definition) is 5. The number of aliphatic hydroxyl groups is 1. The first kappa shape index (κ1) is 14.0. The average molecular weight is 293 g/mol. The highest BCUT2D eigenvalue weighted by atomic mass is 19.1. The van der Waals surface area contributed by atoms with Crippen molar-refractivity contribution in [3.8, 4) is 0 Å². The second kappa shape index (κ2) is 5.46. The van der Waals surface area contributed by atoms with Crippen LogP contribution in [-0.4, -0.2) is 41.8 Å². The SMILES string of the molecule is COC(=O)[C@@H]1C[C@@H](O)CN1Cc1cc2cc(F)ccc2o1. The van der Waals surface area contributed by atoms with Gasteiger partial charge >= 0.3 is 5.97 Å². The molecule has 21 heavy (non-hydrogen) atoms. The van der Waals surface area contributed by atoms with Gasteiger partial charge in [-0.25, -0.2) is 4.39 Å². The number of fused-ring (bicyclic) bond motifs is 1. The Morgan fingerprint density at radius 3 is 3.10 bits per heavy atom. The summed E-state index contributed by atoms with van der Waals surface area (Å²) in [5.74, 6) is -0.0637. The topological polar surface area (TPSA) is 62.9 Å². The second-order valence-electron chi connectivity index (χ2n) is 5.25. The molecule has 0 saturated carbocycles. The minimum atomic E-state index is -0.559. The van der Waals surface area contributed by atoms with Crippen molar-refractivity contribution in [1.29, 1.82) is 0 Å². The number of rotatable bonds is 3. The van der Waals surface area contributed by atoms with Gasteiger partial charge in [-0.3, -0.25) is 9.69 Å². The van der Waals surface area contributed by atoms with Gasteiger partial charge < -0.3 is 14.3 Å². The maximum absolute atomic E-state index is 13.2. The van der Waals surface area contributed by atoms with E-state index < -0.39 is 12.1 Å². The Labute approximate surface area is 120 Å². The quantitative estimate of drug-likeness (QED) is 0.872. The molecule has 2 aromatic rings. The lowest BCUT2D eigenvalue weighted by molar-refractivity contribution is -0.146. The van der Waals surface area contributed by atoms with Gasteiger partial charge in [0, 0.05) is 18.4 Å². The van der Waals surface area contributed by atoms with E-state index in [1.54, 1.807) is 12.1 Å². The van der Waals surface area contributed by atoms with Crippen molar-refractivity contribution in [2.24, 2.45) is 0 Å². The number of carbonyl (C=O) groups excluding carboxylic acids is 1. The number of carbonyl (C=O) groups is 1. The van der Waals surface area contributed by atoms with Crippen molar-refractivity contribution in [1.82, 2.24) is 4.90 Å². The predicted octanol–water partition coefficient (Wildman–Crippen LogP) is 1.68. The summed E-state index contributed by atoms with van der Waals surface area (Å²) in [6.45, 7) is 0.748. The first-order valence-electron chi connectivity index (χ1n) is 6.74. The Kier molecular flexibility index (Phi) is 3.65. The van der Waals surface area contributed by atoms with Crippen LogP contribution < -0.4 is 0 Å². The van der Waals surface area contributed by atoms with E-state index in [1.165, 1.54) is 19.2 Å². The summed E-state index contributed by atoms with van der Waals surface area (Å²) in [6.07, 6.45) is -0.211. The molecule has 0 spiro atoms. The Morgan fingerprint density at radius 2 is 2.33 bits per heavy atom. The molecule has 0 amide bonds. The summed E-state index contributed by atoms with van der Waals surface area (Å²) >= 11 is 0. The van der Waals surface area contributed by atoms with Crippen LogP contribution in [0.4, 0.5) is 4.39 Å². The number of aliphatic hydroxyl groups excluding tert-OH is 1. The molecule has 1 N–H and O–H groups in total. The first-order chi connectivity index (χ1) is 10.1. The lowest BCUT2D eigenvalue weighted by Gasteiger charge is -2.20. The third-order valence-corrected chi connectivity index (χ3v) is 3.74. The third-order valence-electron chi connectivity index (χ3n) is 3.74. The van der Waals surface area contributed by atoms with E-state index in [1.807, 2.05) is 4.90 Å². The molecular weight excluding hydrogens is 277 g/mol. The number of methoxy groups -OCH3 is 1. The number of furan rings is 1. The fraction of sp³-hybridized carbons (Fsp3) is 0.400. The molecular formula is C15H16FNO4. The number of β-amino-alcohol motifs (C(OH)–C–C–N with tert-alkyl or cyclic N) is 1. The molecule has 1 fully saturated rings. The molecule has 5 nitrogen and oxygen atoms in total. The van der Waals surface area contributed by atoms with Crippen LogP contribution in [0, 0.1) is 5.82 Å². The second-order valence-corrected chi connectivity index (χ2v) is 5.25. The van der Waals surface area contributed by atoms with E-state index in [0.717, 1.165) is 0 Å². The highest BCUT2D eigenvalue weighted by Gasteiger charge is 2.37. The summed E-state index contributed by atoms with van der Waals surface area (Å²) in [6, 6.07) is 5.59. The van der Waals surface area contributed by atoms with Gasteiger partial charge in [0.1, 0.15) is 23.2 Å². The largest absolute Gasteiger partial charge is 0.468 e. The number of likely N-dealkylation sites (tertiary alicyclic amines) is 1. The van der Waals surface area contributed by atoms with Gasteiger partial charge in [-0.05, 0) is 24.3 Å². The molecule has 1 saturated heterocycles. The maximum atomic E-state index is 13.2. The van der Waals surface area contributed by atoms with E-state index in [-0.39, 0.29) is 11.8 Å². The number of esters is 1. The summed E-state index contributed by atoms with van der Waals surface area (Å²) in [7, 11) is 1.33. The molecule has 1 aromatic carbocycles. The van der Waals surface area contributed by atoms with Gasteiger partial charge in [-0.2, -0.15) is 0 Å². The summed E-state index contributed by atoms with van der Waals surface area (Å²) in [4.78, 5) is 13.5. The number of halogens is 1. The van der Waals surface area contributed by atoms with Crippen LogP contribution in [0.5, 0.6) is 0 Å². The molecule has 0 aliphatic carbocycles. The molecule has 3 rings (SSSR count). The van der Waals surface area contributed by atoms with Gasteiger partial charge in [0.15, 0.2) is 0 Å². The molecule has 2 heterocycles. The maximum Gasteiger partial charge on any atom is 0.323 e. The molecule has 112 valence electrons. The van der Waals surface area contributed by atoms with Crippen LogP contribution in [0.2, 0.25) is 0 Å². The summed E-state index contributed by atoms with van der Waals surface area (Å²) in [5.41, 5.74) is 0.598. The van der Waals surface area contributed by atoms with E-state index in [2.05, 4.69) is 0 Å². The molecule has 0 radical (unpaired) electrons. The molecule has 6 heteroatoms. The van der Waals surface area contributed by atoms with Crippen LogP contribution in [0.1, 0.15) is 12.2 Å². The normalized spacial score (nSPS) is 22.8. The number of benzene rings is 1. The van der Waals surface area contributed by atoms with Crippen molar-refractivity contribution < 1.29 is 23.4 Å². The summed E-state index contributed by atoms with van der Waals surface area (Å²) in [5, 5.41) is 10.4. The standard InChI is InChI=1S/C15H16FNO4/c1-20-15(19)13-6-11(18)7-17(13)8-12-5-9-4-10(16)2-3-14(9)21-12/h2-5,11,13,18H,6-8H2,1H3/t11-,13+/m1/s1. The monoisotopic (exact) mass is 293 g/mol. The van der Waals surface area contributed by atoms with Crippen LogP contribution in [0.25, 0.3) is 11.0 Å². The molecule has 0 bridgehead atoms. The minimum absolute atomic E-state index is 0.320. The predicted molar refractivity (Wildman–Crippen MR) is 73.0 cm³/mol. The zero-order chi connectivity index (χ0) is 15.0. The van der Waals surface area contributed by atoms with Gasteiger partial charge in [-0.15, -0.1) is 0 Å². The highest BCUT2D eigenvalue weighted by Crippen LogP contribution is 2.25. The van der Waals surface area contributed by atoms with Crippen LogP contribution in [-0.2, 0) is 16.1 Å². The van der Waals surface area contributed by atoms with E-state index in [9.17, 15) is 14.3 Å². The number of hydrogen-bond donors (Lipinski definition) is 1. The molecule has 1 aliphatic heterocycles. The molecule has 2 atom stereocenters. The van der Waals surface area contributed by atoms with Gasteiger partial charge in [0.25, 0.3) is 0 Å². The molecule has 1 aromatic heterocycles. The molecule has 1 aliphatic rings. The van der Waals surface area contributed by atoms with Gasteiger partial charge in [0.2, 0.25) is 0 Å². The van der Waals surface area contributed by atoms with Crippen LogP contribution >= 0.6 is 0 Å². The smallest absolute Gasteiger partial charge is 0.323 e. The zero-order valence-corrected chi connectivity index (χ0v) is 11.6. The highest BCUT2D eigenvalue weighted by molar-refractivity contribution is 5.78. The van der Waals surface area contributed by atoms with E-state index in [0.29, 0.717) is 36.2 Å². The Morgan fingerprint density at radius 1 is 1.52 bits per heavy atom. The van der Waals surface area contributed by atoms with Crippen molar-refractivity contribution in [3.05, 3.63) is 35.8 Å². The number of nitrogens with zero attached hydrogens (tertiary/aromatic N) is 1.